The maximum absolute atomic E-state index is 11.2. The Morgan fingerprint density at radius 1 is 1.40 bits per heavy atom. The standard InChI is InChI=1S/C10H19NO4/c1-7(2)4-5-9(12)11-6-8(15-3)10(13)14/h7-8H,4-6H2,1-3H3,(H,11,12)(H,13,14). The van der Waals surface area contributed by atoms with Crippen molar-refractivity contribution in [2.24, 2.45) is 5.92 Å². The van der Waals surface area contributed by atoms with Gasteiger partial charge in [0.05, 0.1) is 6.54 Å². The first-order valence-corrected chi connectivity index (χ1v) is 4.99. The zero-order valence-corrected chi connectivity index (χ0v) is 9.45. The number of nitrogens with one attached hydrogen (secondary N) is 1. The first kappa shape index (κ1) is 13.9. The summed E-state index contributed by atoms with van der Waals surface area (Å²) in [4.78, 5) is 21.8. The van der Waals surface area contributed by atoms with Gasteiger partial charge in [-0.15, -0.1) is 0 Å². The van der Waals surface area contributed by atoms with Gasteiger partial charge < -0.3 is 15.2 Å². The van der Waals surface area contributed by atoms with Crippen molar-refractivity contribution in [3.63, 3.8) is 0 Å². The minimum atomic E-state index is -1.07. The lowest BCUT2D eigenvalue weighted by Gasteiger charge is -2.11. The van der Waals surface area contributed by atoms with E-state index in [1.165, 1.54) is 7.11 Å². The molecule has 0 spiro atoms. The molecular formula is C10H19NO4. The van der Waals surface area contributed by atoms with E-state index in [0.717, 1.165) is 6.42 Å². The summed E-state index contributed by atoms with van der Waals surface area (Å²) < 4.78 is 4.67. The first-order valence-electron chi connectivity index (χ1n) is 4.99. The zero-order valence-electron chi connectivity index (χ0n) is 9.45. The Hall–Kier alpha value is -1.10. The van der Waals surface area contributed by atoms with E-state index >= 15 is 0 Å². The van der Waals surface area contributed by atoms with Crippen molar-refractivity contribution in [3.05, 3.63) is 0 Å². The number of carbonyl (C=O) groups excluding carboxylic acids is 1. The van der Waals surface area contributed by atoms with Crippen LogP contribution in [0, 0.1) is 5.92 Å². The second-order valence-corrected chi connectivity index (χ2v) is 3.80. The van der Waals surface area contributed by atoms with Crippen LogP contribution >= 0.6 is 0 Å². The Labute approximate surface area is 89.8 Å². The van der Waals surface area contributed by atoms with Gasteiger partial charge in [-0.25, -0.2) is 4.79 Å². The minimum absolute atomic E-state index is 0.0166. The number of hydrogen-bond donors (Lipinski definition) is 2. The molecule has 5 heteroatoms. The number of hydrogen-bond acceptors (Lipinski definition) is 3. The van der Waals surface area contributed by atoms with E-state index < -0.39 is 12.1 Å². The number of carboxylic acid groups (broad SMARTS) is 1. The monoisotopic (exact) mass is 217 g/mol. The lowest BCUT2D eigenvalue weighted by atomic mass is 10.1. The van der Waals surface area contributed by atoms with Crippen LogP contribution in [0.2, 0.25) is 0 Å². The summed E-state index contributed by atoms with van der Waals surface area (Å²) in [5, 5.41) is 11.2. The number of aliphatic carboxylic acids is 1. The molecule has 0 aromatic carbocycles. The lowest BCUT2D eigenvalue weighted by Crippen LogP contribution is -2.37. The van der Waals surface area contributed by atoms with Crippen molar-refractivity contribution in [1.82, 2.24) is 5.32 Å². The van der Waals surface area contributed by atoms with E-state index in [-0.39, 0.29) is 12.5 Å². The van der Waals surface area contributed by atoms with Crippen LogP contribution < -0.4 is 5.32 Å². The van der Waals surface area contributed by atoms with Crippen LogP contribution in [-0.2, 0) is 14.3 Å². The molecular weight excluding hydrogens is 198 g/mol. The SMILES string of the molecule is COC(CNC(=O)CCC(C)C)C(=O)O. The topological polar surface area (TPSA) is 75.6 Å². The second-order valence-electron chi connectivity index (χ2n) is 3.80. The van der Waals surface area contributed by atoms with Gasteiger partial charge >= 0.3 is 5.97 Å². The van der Waals surface area contributed by atoms with Crippen molar-refractivity contribution in [3.8, 4) is 0 Å². The van der Waals surface area contributed by atoms with Crippen LogP contribution in [0.25, 0.3) is 0 Å². The Morgan fingerprint density at radius 2 is 2.00 bits per heavy atom. The minimum Gasteiger partial charge on any atom is -0.479 e. The van der Waals surface area contributed by atoms with Gasteiger partial charge in [-0.05, 0) is 12.3 Å². The molecule has 0 rings (SSSR count). The summed E-state index contributed by atoms with van der Waals surface area (Å²) >= 11 is 0. The van der Waals surface area contributed by atoms with Crippen molar-refractivity contribution < 1.29 is 19.4 Å². The smallest absolute Gasteiger partial charge is 0.334 e. The van der Waals surface area contributed by atoms with Gasteiger partial charge in [0.15, 0.2) is 6.10 Å². The molecule has 0 aliphatic heterocycles. The van der Waals surface area contributed by atoms with E-state index in [4.69, 9.17) is 5.11 Å². The van der Waals surface area contributed by atoms with Gasteiger partial charge in [-0.3, -0.25) is 4.79 Å². The average Bonchev–Trinajstić information content (AvgIpc) is 2.15. The molecule has 5 nitrogen and oxygen atoms in total. The van der Waals surface area contributed by atoms with Crippen molar-refractivity contribution in [1.29, 1.82) is 0 Å². The molecule has 1 unspecified atom stereocenters. The molecule has 0 bridgehead atoms. The maximum atomic E-state index is 11.2. The second kappa shape index (κ2) is 7.23. The zero-order chi connectivity index (χ0) is 11.8. The van der Waals surface area contributed by atoms with Crippen LogP contribution in [0.1, 0.15) is 26.7 Å². The predicted molar refractivity (Wildman–Crippen MR) is 55.5 cm³/mol. The number of carbonyl (C=O) groups is 2. The third kappa shape index (κ3) is 6.90. The molecule has 0 fully saturated rings. The maximum Gasteiger partial charge on any atom is 0.334 e. The van der Waals surface area contributed by atoms with Gasteiger partial charge in [0.1, 0.15) is 0 Å². The van der Waals surface area contributed by atoms with Gasteiger partial charge in [0.25, 0.3) is 0 Å². The van der Waals surface area contributed by atoms with Gasteiger partial charge in [-0.2, -0.15) is 0 Å². The quantitative estimate of drug-likeness (QED) is 0.656. The molecule has 1 atom stereocenters. The molecule has 0 radical (unpaired) electrons. The molecule has 0 aliphatic carbocycles. The molecule has 0 aromatic rings. The number of carboxylic acids is 1. The molecule has 1 amide bonds. The largest absolute Gasteiger partial charge is 0.479 e. The predicted octanol–water partition coefficient (Wildman–Crippen LogP) is 0.638. The highest BCUT2D eigenvalue weighted by Gasteiger charge is 2.16. The Morgan fingerprint density at radius 3 is 2.40 bits per heavy atom. The van der Waals surface area contributed by atoms with E-state index in [9.17, 15) is 9.59 Å². The van der Waals surface area contributed by atoms with Gasteiger partial charge in [0.2, 0.25) is 5.91 Å². The summed E-state index contributed by atoms with van der Waals surface area (Å²) in [6.07, 6.45) is 0.262. The lowest BCUT2D eigenvalue weighted by molar-refractivity contribution is -0.148. The van der Waals surface area contributed by atoms with Gasteiger partial charge in [-0.1, -0.05) is 13.8 Å². The van der Waals surface area contributed by atoms with Crippen LogP contribution in [0.15, 0.2) is 0 Å². The molecule has 0 saturated heterocycles. The van der Waals surface area contributed by atoms with E-state index in [2.05, 4.69) is 10.1 Å². The average molecular weight is 217 g/mol. The summed E-state index contributed by atoms with van der Waals surface area (Å²) in [7, 11) is 1.30. The Balaban J connectivity index is 3.74. The normalized spacial score (nSPS) is 12.5. The number of amides is 1. The third-order valence-electron chi connectivity index (χ3n) is 1.99. The molecule has 2 N–H and O–H groups in total. The van der Waals surface area contributed by atoms with Gasteiger partial charge in [0, 0.05) is 13.5 Å². The number of ether oxygens (including phenoxy) is 1. The fourth-order valence-electron chi connectivity index (χ4n) is 0.986. The fraction of sp³-hybridized carbons (Fsp3) is 0.800. The molecule has 88 valence electrons. The Kier molecular flexibility index (Phi) is 6.70. The summed E-state index contributed by atoms with van der Waals surface area (Å²) in [6.45, 7) is 4.08. The highest BCUT2D eigenvalue weighted by atomic mass is 16.5. The van der Waals surface area contributed by atoms with Crippen LogP contribution in [0.4, 0.5) is 0 Å². The molecule has 0 aliphatic rings. The molecule has 15 heavy (non-hydrogen) atoms. The van der Waals surface area contributed by atoms with E-state index in [1.807, 2.05) is 13.8 Å². The van der Waals surface area contributed by atoms with E-state index in [0.29, 0.717) is 12.3 Å². The van der Waals surface area contributed by atoms with Crippen LogP contribution in [-0.4, -0.2) is 36.7 Å². The summed E-state index contributed by atoms with van der Waals surface area (Å²) in [6, 6.07) is 0. The molecule has 0 heterocycles. The molecule has 0 saturated carbocycles. The number of rotatable bonds is 7. The van der Waals surface area contributed by atoms with Crippen molar-refractivity contribution in [2.75, 3.05) is 13.7 Å². The summed E-state index contributed by atoms with van der Waals surface area (Å²) in [5.41, 5.74) is 0. The summed E-state index contributed by atoms with van der Waals surface area (Å²) in [5.74, 6) is -0.734. The van der Waals surface area contributed by atoms with E-state index in [1.54, 1.807) is 0 Å². The third-order valence-corrected chi connectivity index (χ3v) is 1.99. The van der Waals surface area contributed by atoms with Crippen LogP contribution in [0.3, 0.4) is 0 Å². The van der Waals surface area contributed by atoms with Crippen molar-refractivity contribution in [2.45, 2.75) is 32.8 Å². The highest BCUT2D eigenvalue weighted by Crippen LogP contribution is 2.02. The number of methoxy groups -OCH3 is 1. The fourth-order valence-corrected chi connectivity index (χ4v) is 0.986. The van der Waals surface area contributed by atoms with Crippen LogP contribution in [0.5, 0.6) is 0 Å². The Bertz CT molecular complexity index is 215. The highest BCUT2D eigenvalue weighted by molar-refractivity contribution is 5.78. The molecule has 0 aromatic heterocycles. The first-order chi connectivity index (χ1) is 6.97. The van der Waals surface area contributed by atoms with Crippen molar-refractivity contribution >= 4 is 11.9 Å².